The van der Waals surface area contributed by atoms with E-state index < -0.39 is 0 Å². The van der Waals surface area contributed by atoms with E-state index in [0.717, 1.165) is 15.2 Å². The van der Waals surface area contributed by atoms with Gasteiger partial charge in [0.1, 0.15) is 5.75 Å². The van der Waals surface area contributed by atoms with Crippen molar-refractivity contribution < 1.29 is 9.53 Å². The Bertz CT molecular complexity index is 766. The molecule has 3 aromatic carbocycles. The summed E-state index contributed by atoms with van der Waals surface area (Å²) >= 11 is 3.50. The Kier molecular flexibility index (Phi) is 3.52. The van der Waals surface area contributed by atoms with Gasteiger partial charge < -0.3 is 4.74 Å². The molecule has 0 radical (unpaired) electrons. The molecule has 0 saturated heterocycles. The van der Waals surface area contributed by atoms with Gasteiger partial charge in [-0.2, -0.15) is 0 Å². The summed E-state index contributed by atoms with van der Waals surface area (Å²) in [6, 6.07) is 20.5. The molecular weight excluding hydrogens is 316 g/mol. The summed E-state index contributed by atoms with van der Waals surface area (Å²) in [4.78, 5) is 12.0. The van der Waals surface area contributed by atoms with Crippen molar-refractivity contribution in [2.75, 3.05) is 0 Å². The van der Waals surface area contributed by atoms with Crippen LogP contribution in [0.3, 0.4) is 0 Å². The zero-order valence-electron chi connectivity index (χ0n) is 10.5. The van der Waals surface area contributed by atoms with Gasteiger partial charge in [0.05, 0.1) is 5.56 Å². The van der Waals surface area contributed by atoms with E-state index in [0.29, 0.717) is 11.3 Å². The Morgan fingerprint density at radius 2 is 1.70 bits per heavy atom. The zero-order valence-corrected chi connectivity index (χ0v) is 12.1. The first-order chi connectivity index (χ1) is 9.74. The fraction of sp³-hybridized carbons (Fsp3) is 0. The van der Waals surface area contributed by atoms with Crippen LogP contribution in [0.5, 0.6) is 5.75 Å². The highest BCUT2D eigenvalue weighted by Crippen LogP contribution is 2.27. The van der Waals surface area contributed by atoms with Crippen LogP contribution in [-0.4, -0.2) is 5.97 Å². The van der Waals surface area contributed by atoms with Crippen LogP contribution in [0, 0.1) is 0 Å². The molecule has 0 fully saturated rings. The fourth-order valence-electron chi connectivity index (χ4n) is 2.03. The molecule has 0 aliphatic heterocycles. The van der Waals surface area contributed by atoms with Crippen molar-refractivity contribution in [3.05, 3.63) is 76.8 Å². The van der Waals surface area contributed by atoms with Gasteiger partial charge in [0.2, 0.25) is 0 Å². The molecule has 0 saturated carbocycles. The van der Waals surface area contributed by atoms with Crippen LogP contribution in [0.2, 0.25) is 0 Å². The summed E-state index contributed by atoms with van der Waals surface area (Å²) in [6.07, 6.45) is 0. The maximum atomic E-state index is 12.0. The highest BCUT2D eigenvalue weighted by molar-refractivity contribution is 9.10. The van der Waals surface area contributed by atoms with Gasteiger partial charge in [-0.05, 0) is 47.2 Å². The number of ether oxygens (including phenoxy) is 1. The van der Waals surface area contributed by atoms with Gasteiger partial charge in [0, 0.05) is 4.47 Å². The summed E-state index contributed by atoms with van der Waals surface area (Å²) in [5.74, 6) is 0.199. The molecule has 0 unspecified atom stereocenters. The smallest absolute Gasteiger partial charge is 0.343 e. The number of benzene rings is 3. The van der Waals surface area contributed by atoms with Gasteiger partial charge in [-0.1, -0.05) is 46.3 Å². The van der Waals surface area contributed by atoms with Gasteiger partial charge >= 0.3 is 5.97 Å². The third kappa shape index (κ3) is 2.58. The fourth-order valence-corrected chi connectivity index (χ4v) is 2.54. The van der Waals surface area contributed by atoms with E-state index in [-0.39, 0.29) is 5.97 Å². The van der Waals surface area contributed by atoms with Crippen LogP contribution in [0.15, 0.2) is 71.2 Å². The largest absolute Gasteiger partial charge is 0.423 e. The van der Waals surface area contributed by atoms with Crippen molar-refractivity contribution in [3.63, 3.8) is 0 Å². The van der Waals surface area contributed by atoms with Gasteiger partial charge in [0.25, 0.3) is 0 Å². The SMILES string of the molecule is O=C(Oc1ccc2c(Br)cccc2c1)c1ccccc1. The highest BCUT2D eigenvalue weighted by Gasteiger charge is 2.08. The van der Waals surface area contributed by atoms with Crippen molar-refractivity contribution in [2.45, 2.75) is 0 Å². The molecule has 0 amide bonds. The van der Waals surface area contributed by atoms with Gasteiger partial charge in [-0.25, -0.2) is 4.79 Å². The molecular formula is C17H11BrO2. The molecule has 0 N–H and O–H groups in total. The maximum Gasteiger partial charge on any atom is 0.343 e. The van der Waals surface area contributed by atoms with E-state index in [1.54, 1.807) is 18.2 Å². The van der Waals surface area contributed by atoms with E-state index in [1.165, 1.54) is 0 Å². The van der Waals surface area contributed by atoms with Crippen LogP contribution >= 0.6 is 15.9 Å². The Hall–Kier alpha value is -2.13. The predicted molar refractivity (Wildman–Crippen MR) is 83.0 cm³/mol. The van der Waals surface area contributed by atoms with Crippen molar-refractivity contribution in [1.82, 2.24) is 0 Å². The Morgan fingerprint density at radius 1 is 0.900 bits per heavy atom. The van der Waals surface area contributed by atoms with Crippen molar-refractivity contribution >= 4 is 32.7 Å². The first-order valence-corrected chi connectivity index (χ1v) is 6.99. The minimum Gasteiger partial charge on any atom is -0.423 e. The Morgan fingerprint density at radius 3 is 2.50 bits per heavy atom. The Labute approximate surface area is 125 Å². The monoisotopic (exact) mass is 326 g/mol. The second-order valence-corrected chi connectivity index (χ2v) is 5.23. The van der Waals surface area contributed by atoms with Crippen LogP contribution in [0.1, 0.15) is 10.4 Å². The number of halogens is 1. The summed E-state index contributed by atoms with van der Waals surface area (Å²) in [7, 11) is 0. The van der Waals surface area contributed by atoms with Gasteiger partial charge in [-0.15, -0.1) is 0 Å². The first-order valence-electron chi connectivity index (χ1n) is 6.19. The summed E-state index contributed by atoms with van der Waals surface area (Å²) in [5, 5.41) is 2.12. The molecule has 3 aromatic rings. The number of hydrogen-bond donors (Lipinski definition) is 0. The number of carbonyl (C=O) groups is 1. The minimum absolute atomic E-state index is 0.347. The molecule has 0 aliphatic rings. The lowest BCUT2D eigenvalue weighted by Crippen LogP contribution is -2.07. The third-order valence-corrected chi connectivity index (χ3v) is 3.71. The molecule has 0 aliphatic carbocycles. The van der Waals surface area contributed by atoms with E-state index >= 15 is 0 Å². The lowest BCUT2D eigenvalue weighted by molar-refractivity contribution is 0.0735. The number of carbonyl (C=O) groups excluding carboxylic acids is 1. The number of hydrogen-bond acceptors (Lipinski definition) is 2. The molecule has 3 heteroatoms. The normalized spacial score (nSPS) is 10.4. The Balaban J connectivity index is 1.90. The van der Waals surface area contributed by atoms with Crippen LogP contribution < -0.4 is 4.74 Å². The number of rotatable bonds is 2. The molecule has 98 valence electrons. The average Bonchev–Trinajstić information content (AvgIpc) is 2.48. The van der Waals surface area contributed by atoms with E-state index in [9.17, 15) is 4.79 Å². The van der Waals surface area contributed by atoms with Crippen LogP contribution in [0.25, 0.3) is 10.8 Å². The zero-order chi connectivity index (χ0) is 13.9. The third-order valence-electron chi connectivity index (χ3n) is 3.02. The lowest BCUT2D eigenvalue weighted by Gasteiger charge is -2.06. The van der Waals surface area contributed by atoms with Gasteiger partial charge in [0.15, 0.2) is 0 Å². The molecule has 20 heavy (non-hydrogen) atoms. The second kappa shape index (κ2) is 5.47. The summed E-state index contributed by atoms with van der Waals surface area (Å²) in [5.41, 5.74) is 0.543. The van der Waals surface area contributed by atoms with Crippen molar-refractivity contribution in [2.24, 2.45) is 0 Å². The standard InChI is InChI=1S/C17H11BrO2/c18-16-8-4-7-13-11-14(9-10-15(13)16)20-17(19)12-5-2-1-3-6-12/h1-11H. The van der Waals surface area contributed by atoms with E-state index in [2.05, 4.69) is 15.9 Å². The topological polar surface area (TPSA) is 26.3 Å². The molecule has 3 rings (SSSR count). The van der Waals surface area contributed by atoms with E-state index in [4.69, 9.17) is 4.74 Å². The van der Waals surface area contributed by atoms with E-state index in [1.807, 2.05) is 48.5 Å². The number of fused-ring (bicyclic) bond motifs is 1. The molecule has 0 atom stereocenters. The molecule has 0 spiro atoms. The quantitative estimate of drug-likeness (QED) is 0.498. The molecule has 0 heterocycles. The predicted octanol–water partition coefficient (Wildman–Crippen LogP) is 4.82. The summed E-state index contributed by atoms with van der Waals surface area (Å²) in [6.45, 7) is 0. The molecule has 0 bridgehead atoms. The average molecular weight is 327 g/mol. The summed E-state index contributed by atoms with van der Waals surface area (Å²) < 4.78 is 6.42. The first kappa shape index (κ1) is 12.9. The minimum atomic E-state index is -0.347. The maximum absolute atomic E-state index is 12.0. The van der Waals surface area contributed by atoms with Crippen molar-refractivity contribution in [1.29, 1.82) is 0 Å². The highest BCUT2D eigenvalue weighted by atomic mass is 79.9. The molecule has 2 nitrogen and oxygen atoms in total. The van der Waals surface area contributed by atoms with Gasteiger partial charge in [-0.3, -0.25) is 0 Å². The van der Waals surface area contributed by atoms with Crippen LogP contribution in [-0.2, 0) is 0 Å². The number of esters is 1. The van der Waals surface area contributed by atoms with Crippen LogP contribution in [0.4, 0.5) is 0 Å². The molecule has 0 aromatic heterocycles. The second-order valence-electron chi connectivity index (χ2n) is 4.38. The van der Waals surface area contributed by atoms with Crippen molar-refractivity contribution in [3.8, 4) is 5.75 Å². The lowest BCUT2D eigenvalue weighted by atomic mass is 10.1.